The molecule has 2 aromatic carbocycles. The van der Waals surface area contributed by atoms with Gasteiger partial charge in [0.1, 0.15) is 11.6 Å². The molecule has 2 nitrogen and oxygen atoms in total. The number of rotatable bonds is 2. The van der Waals surface area contributed by atoms with E-state index in [1.54, 1.807) is 18.2 Å². The van der Waals surface area contributed by atoms with Gasteiger partial charge in [0.25, 0.3) is 0 Å². The Hall–Kier alpha value is -1.78. The van der Waals surface area contributed by atoms with E-state index in [0.29, 0.717) is 18.8 Å². The standard InChI is InChI=1S/C15H9ClF2O2/c16-12-5-13(17)11(4-14(12)18)15(19)8-1-2-9-6-20-7-10(9)3-8/h1-5H,6-7H2. The molecular formula is C15H9ClF2O2. The molecule has 102 valence electrons. The van der Waals surface area contributed by atoms with Gasteiger partial charge < -0.3 is 4.74 Å². The van der Waals surface area contributed by atoms with E-state index in [1.807, 2.05) is 0 Å². The highest BCUT2D eigenvalue weighted by atomic mass is 35.5. The molecular weight excluding hydrogens is 286 g/mol. The van der Waals surface area contributed by atoms with Gasteiger partial charge in [0.15, 0.2) is 5.78 Å². The quantitative estimate of drug-likeness (QED) is 0.620. The van der Waals surface area contributed by atoms with Gasteiger partial charge in [-0.15, -0.1) is 0 Å². The molecule has 1 aliphatic heterocycles. The molecule has 0 radical (unpaired) electrons. The minimum Gasteiger partial charge on any atom is -0.372 e. The average molecular weight is 295 g/mol. The fourth-order valence-electron chi connectivity index (χ4n) is 2.17. The Balaban J connectivity index is 2.03. The predicted molar refractivity (Wildman–Crippen MR) is 69.7 cm³/mol. The molecule has 2 aromatic rings. The number of carbonyl (C=O) groups excluding carboxylic acids is 1. The summed E-state index contributed by atoms with van der Waals surface area (Å²) in [6, 6.07) is 6.63. The molecule has 20 heavy (non-hydrogen) atoms. The molecule has 0 aliphatic carbocycles. The topological polar surface area (TPSA) is 26.3 Å². The van der Waals surface area contributed by atoms with Crippen LogP contribution in [-0.2, 0) is 18.0 Å². The lowest BCUT2D eigenvalue weighted by atomic mass is 9.99. The number of ether oxygens (including phenoxy) is 1. The normalized spacial score (nSPS) is 13.3. The lowest BCUT2D eigenvalue weighted by Gasteiger charge is -2.06. The van der Waals surface area contributed by atoms with Crippen molar-refractivity contribution in [2.24, 2.45) is 0 Å². The van der Waals surface area contributed by atoms with Crippen LogP contribution in [0.15, 0.2) is 30.3 Å². The molecule has 0 bridgehead atoms. The molecule has 1 aliphatic rings. The van der Waals surface area contributed by atoms with Crippen molar-refractivity contribution in [3.63, 3.8) is 0 Å². The number of benzene rings is 2. The van der Waals surface area contributed by atoms with Crippen molar-refractivity contribution in [1.82, 2.24) is 0 Å². The smallest absolute Gasteiger partial charge is 0.196 e. The van der Waals surface area contributed by atoms with Gasteiger partial charge in [-0.2, -0.15) is 0 Å². The second kappa shape index (κ2) is 4.96. The molecule has 1 heterocycles. The van der Waals surface area contributed by atoms with Crippen molar-refractivity contribution in [3.05, 3.63) is 69.2 Å². The predicted octanol–water partition coefficient (Wildman–Crippen LogP) is 3.88. The Labute approximate surface area is 118 Å². The van der Waals surface area contributed by atoms with Crippen LogP contribution in [0.5, 0.6) is 0 Å². The van der Waals surface area contributed by atoms with E-state index < -0.39 is 17.4 Å². The molecule has 0 N–H and O–H groups in total. The van der Waals surface area contributed by atoms with Crippen LogP contribution in [0.2, 0.25) is 5.02 Å². The van der Waals surface area contributed by atoms with E-state index >= 15 is 0 Å². The first kappa shape index (κ1) is 13.2. The Bertz CT molecular complexity index is 713. The van der Waals surface area contributed by atoms with Crippen LogP contribution in [0.25, 0.3) is 0 Å². The number of hydrogen-bond acceptors (Lipinski definition) is 2. The third kappa shape index (κ3) is 2.21. The molecule has 0 amide bonds. The van der Waals surface area contributed by atoms with Crippen LogP contribution in [0.3, 0.4) is 0 Å². The molecule has 0 spiro atoms. The zero-order chi connectivity index (χ0) is 14.3. The van der Waals surface area contributed by atoms with E-state index in [2.05, 4.69) is 0 Å². The fourth-order valence-corrected chi connectivity index (χ4v) is 2.32. The maximum absolute atomic E-state index is 13.7. The molecule has 0 atom stereocenters. The van der Waals surface area contributed by atoms with Crippen molar-refractivity contribution in [2.45, 2.75) is 13.2 Å². The van der Waals surface area contributed by atoms with E-state index in [9.17, 15) is 13.6 Å². The van der Waals surface area contributed by atoms with Gasteiger partial charge >= 0.3 is 0 Å². The third-order valence-electron chi connectivity index (χ3n) is 3.24. The summed E-state index contributed by atoms with van der Waals surface area (Å²) in [5.74, 6) is -2.23. The lowest BCUT2D eigenvalue weighted by molar-refractivity contribution is 0.103. The van der Waals surface area contributed by atoms with Gasteiger partial charge in [-0.3, -0.25) is 4.79 Å². The Kier molecular flexibility index (Phi) is 3.28. The fraction of sp³-hybridized carbons (Fsp3) is 0.133. The molecule has 3 rings (SSSR count). The summed E-state index contributed by atoms with van der Waals surface area (Å²) in [7, 11) is 0. The van der Waals surface area contributed by atoms with Gasteiger partial charge in [-0.25, -0.2) is 8.78 Å². The maximum Gasteiger partial charge on any atom is 0.196 e. The molecule has 0 fully saturated rings. The monoisotopic (exact) mass is 294 g/mol. The van der Waals surface area contributed by atoms with Crippen molar-refractivity contribution in [1.29, 1.82) is 0 Å². The van der Waals surface area contributed by atoms with E-state index in [1.165, 1.54) is 0 Å². The van der Waals surface area contributed by atoms with Gasteiger partial charge in [-0.1, -0.05) is 23.7 Å². The van der Waals surface area contributed by atoms with Crippen molar-refractivity contribution in [2.75, 3.05) is 0 Å². The largest absolute Gasteiger partial charge is 0.372 e. The summed E-state index contributed by atoms with van der Waals surface area (Å²) < 4.78 is 32.4. The summed E-state index contributed by atoms with van der Waals surface area (Å²) in [6.45, 7) is 0.932. The van der Waals surface area contributed by atoms with E-state index in [0.717, 1.165) is 23.3 Å². The van der Waals surface area contributed by atoms with E-state index in [-0.39, 0.29) is 10.6 Å². The molecule has 0 saturated heterocycles. The Morgan fingerprint density at radius 3 is 2.60 bits per heavy atom. The van der Waals surface area contributed by atoms with Crippen LogP contribution in [0.1, 0.15) is 27.0 Å². The molecule has 5 heteroatoms. The van der Waals surface area contributed by atoms with Crippen LogP contribution < -0.4 is 0 Å². The number of fused-ring (bicyclic) bond motifs is 1. The highest BCUT2D eigenvalue weighted by Gasteiger charge is 2.19. The van der Waals surface area contributed by atoms with Gasteiger partial charge in [0.2, 0.25) is 0 Å². The first-order valence-electron chi connectivity index (χ1n) is 5.95. The summed E-state index contributed by atoms with van der Waals surface area (Å²) in [5, 5.41) is -0.346. The highest BCUT2D eigenvalue weighted by Crippen LogP contribution is 2.25. The maximum atomic E-state index is 13.7. The summed E-state index contributed by atoms with van der Waals surface area (Å²) in [4.78, 5) is 12.2. The summed E-state index contributed by atoms with van der Waals surface area (Å²) >= 11 is 5.47. The van der Waals surface area contributed by atoms with Crippen molar-refractivity contribution >= 4 is 17.4 Å². The number of halogens is 3. The molecule has 0 aromatic heterocycles. The zero-order valence-electron chi connectivity index (χ0n) is 10.3. The zero-order valence-corrected chi connectivity index (χ0v) is 11.0. The second-order valence-electron chi connectivity index (χ2n) is 4.55. The third-order valence-corrected chi connectivity index (χ3v) is 3.53. The van der Waals surface area contributed by atoms with Crippen LogP contribution in [0, 0.1) is 11.6 Å². The Morgan fingerprint density at radius 2 is 1.80 bits per heavy atom. The second-order valence-corrected chi connectivity index (χ2v) is 4.96. The Morgan fingerprint density at radius 1 is 1.05 bits per heavy atom. The lowest BCUT2D eigenvalue weighted by Crippen LogP contribution is -2.06. The number of ketones is 1. The number of hydrogen-bond donors (Lipinski definition) is 0. The molecule has 0 unspecified atom stereocenters. The number of carbonyl (C=O) groups is 1. The van der Waals surface area contributed by atoms with Gasteiger partial charge in [-0.05, 0) is 29.3 Å². The average Bonchev–Trinajstić information content (AvgIpc) is 2.89. The van der Waals surface area contributed by atoms with Crippen LogP contribution in [0.4, 0.5) is 8.78 Å². The summed E-state index contributed by atoms with van der Waals surface area (Å²) in [6.07, 6.45) is 0. The highest BCUT2D eigenvalue weighted by molar-refractivity contribution is 6.30. The van der Waals surface area contributed by atoms with Crippen molar-refractivity contribution < 1.29 is 18.3 Å². The van der Waals surface area contributed by atoms with Crippen molar-refractivity contribution in [3.8, 4) is 0 Å². The minimum absolute atomic E-state index is 0.301. The van der Waals surface area contributed by atoms with E-state index in [4.69, 9.17) is 16.3 Å². The van der Waals surface area contributed by atoms with Crippen LogP contribution in [-0.4, -0.2) is 5.78 Å². The van der Waals surface area contributed by atoms with Gasteiger partial charge in [0, 0.05) is 5.56 Å². The first-order valence-corrected chi connectivity index (χ1v) is 6.33. The first-order chi connectivity index (χ1) is 9.56. The van der Waals surface area contributed by atoms with Gasteiger partial charge in [0.05, 0.1) is 23.8 Å². The SMILES string of the molecule is O=C(c1ccc2c(c1)COC2)c1cc(F)c(Cl)cc1F. The summed E-state index contributed by atoms with van der Waals surface area (Å²) in [5.41, 5.74) is 1.87. The van der Waals surface area contributed by atoms with Crippen LogP contribution >= 0.6 is 11.6 Å². The molecule has 0 saturated carbocycles. The minimum atomic E-state index is -0.835.